The molecule has 4 heteroatoms. The van der Waals surface area contributed by atoms with E-state index in [0.29, 0.717) is 16.3 Å². The normalized spacial score (nSPS) is 12.5. The fraction of sp³-hybridized carbons (Fsp3) is 0.455. The Morgan fingerprint density at radius 3 is 2.73 bits per heavy atom. The molecule has 0 bridgehead atoms. The maximum absolute atomic E-state index is 9.81. The first-order chi connectivity index (χ1) is 7.11. The van der Waals surface area contributed by atoms with Crippen molar-refractivity contribution in [3.8, 4) is 11.5 Å². The number of rotatable bonds is 4. The smallest absolute Gasteiger partial charge is 0.142 e. The predicted octanol–water partition coefficient (Wildman–Crippen LogP) is 2.85. The van der Waals surface area contributed by atoms with Crippen LogP contribution in [0.25, 0.3) is 0 Å². The van der Waals surface area contributed by atoms with Gasteiger partial charge >= 0.3 is 0 Å². The Hall–Kier alpha value is -0.930. The van der Waals surface area contributed by atoms with Crippen LogP contribution >= 0.6 is 11.6 Å². The standard InChI is InChI=1S/C11H16ClNO2/c1-3-4-8(13)10-9(15-2)6-5-7(12)11(10)14/h5-6,8,14H,3-4,13H2,1-2H3/t8-/m1/s1. The number of nitrogens with two attached hydrogens (primary N) is 1. The third-order valence-electron chi connectivity index (χ3n) is 2.32. The van der Waals surface area contributed by atoms with Crippen LogP contribution in [0.3, 0.4) is 0 Å². The summed E-state index contributed by atoms with van der Waals surface area (Å²) < 4.78 is 5.15. The molecule has 0 heterocycles. The molecule has 15 heavy (non-hydrogen) atoms. The summed E-state index contributed by atoms with van der Waals surface area (Å²) in [5, 5.41) is 10.1. The van der Waals surface area contributed by atoms with E-state index in [0.717, 1.165) is 12.8 Å². The Bertz CT molecular complexity index is 342. The molecular formula is C11H16ClNO2. The van der Waals surface area contributed by atoms with Gasteiger partial charge in [0.25, 0.3) is 0 Å². The lowest BCUT2D eigenvalue weighted by Gasteiger charge is -2.17. The van der Waals surface area contributed by atoms with Crippen molar-refractivity contribution in [2.45, 2.75) is 25.8 Å². The number of phenolic OH excluding ortho intramolecular Hbond substituents is 1. The van der Waals surface area contributed by atoms with Crippen LogP contribution in [0.5, 0.6) is 11.5 Å². The second kappa shape index (κ2) is 5.24. The zero-order valence-corrected chi connectivity index (χ0v) is 9.71. The maximum Gasteiger partial charge on any atom is 0.142 e. The predicted molar refractivity (Wildman–Crippen MR) is 61.5 cm³/mol. The van der Waals surface area contributed by atoms with Gasteiger partial charge in [-0.3, -0.25) is 0 Å². The zero-order chi connectivity index (χ0) is 11.4. The summed E-state index contributed by atoms with van der Waals surface area (Å²) in [7, 11) is 1.55. The molecule has 1 atom stereocenters. The molecule has 0 saturated heterocycles. The molecule has 0 aliphatic carbocycles. The minimum Gasteiger partial charge on any atom is -0.506 e. The Labute approximate surface area is 94.8 Å². The monoisotopic (exact) mass is 229 g/mol. The Morgan fingerprint density at radius 1 is 1.53 bits per heavy atom. The topological polar surface area (TPSA) is 55.5 Å². The Kier molecular flexibility index (Phi) is 4.24. The number of aromatic hydroxyl groups is 1. The van der Waals surface area contributed by atoms with Gasteiger partial charge in [-0.15, -0.1) is 0 Å². The van der Waals surface area contributed by atoms with Crippen molar-refractivity contribution in [1.82, 2.24) is 0 Å². The molecule has 0 aliphatic rings. The third kappa shape index (κ3) is 2.55. The summed E-state index contributed by atoms with van der Waals surface area (Å²) in [5.74, 6) is 0.606. The summed E-state index contributed by atoms with van der Waals surface area (Å²) in [5.41, 5.74) is 6.54. The van der Waals surface area contributed by atoms with Gasteiger partial charge in [0.1, 0.15) is 11.5 Å². The van der Waals surface area contributed by atoms with Gasteiger partial charge in [0.15, 0.2) is 0 Å². The van der Waals surface area contributed by atoms with Crippen molar-refractivity contribution < 1.29 is 9.84 Å². The quantitative estimate of drug-likeness (QED) is 0.835. The minimum atomic E-state index is -0.247. The SMILES string of the molecule is CCC[C@@H](N)c1c(OC)ccc(Cl)c1O. The van der Waals surface area contributed by atoms with Gasteiger partial charge in [-0.05, 0) is 18.6 Å². The number of hydrogen-bond donors (Lipinski definition) is 2. The van der Waals surface area contributed by atoms with Crippen molar-refractivity contribution in [1.29, 1.82) is 0 Å². The van der Waals surface area contributed by atoms with Crippen molar-refractivity contribution in [3.05, 3.63) is 22.7 Å². The average Bonchev–Trinajstić information content (AvgIpc) is 2.22. The van der Waals surface area contributed by atoms with E-state index in [1.165, 1.54) is 0 Å². The highest BCUT2D eigenvalue weighted by molar-refractivity contribution is 6.32. The van der Waals surface area contributed by atoms with Gasteiger partial charge in [-0.25, -0.2) is 0 Å². The summed E-state index contributed by atoms with van der Waals surface area (Å²) >= 11 is 5.83. The van der Waals surface area contributed by atoms with Crippen LogP contribution in [0, 0.1) is 0 Å². The molecule has 0 saturated carbocycles. The van der Waals surface area contributed by atoms with Gasteiger partial charge in [-0.2, -0.15) is 0 Å². The highest BCUT2D eigenvalue weighted by atomic mass is 35.5. The van der Waals surface area contributed by atoms with Crippen LogP contribution in [0.2, 0.25) is 5.02 Å². The number of methoxy groups -OCH3 is 1. The summed E-state index contributed by atoms with van der Waals surface area (Å²) in [6, 6.07) is 3.06. The molecular weight excluding hydrogens is 214 g/mol. The Morgan fingerprint density at radius 2 is 2.20 bits per heavy atom. The number of phenols is 1. The lowest BCUT2D eigenvalue weighted by Crippen LogP contribution is -2.11. The first-order valence-corrected chi connectivity index (χ1v) is 5.30. The first-order valence-electron chi connectivity index (χ1n) is 4.92. The second-order valence-corrected chi connectivity index (χ2v) is 3.81. The molecule has 1 aromatic carbocycles. The number of halogens is 1. The molecule has 0 aromatic heterocycles. The van der Waals surface area contributed by atoms with Crippen LogP contribution < -0.4 is 10.5 Å². The first kappa shape index (κ1) is 12.1. The van der Waals surface area contributed by atoms with Crippen LogP contribution in [0.15, 0.2) is 12.1 Å². The van der Waals surface area contributed by atoms with E-state index in [2.05, 4.69) is 0 Å². The molecule has 0 spiro atoms. The molecule has 0 fully saturated rings. The Balaban J connectivity index is 3.17. The van der Waals surface area contributed by atoms with Crippen molar-refractivity contribution in [3.63, 3.8) is 0 Å². The third-order valence-corrected chi connectivity index (χ3v) is 2.62. The molecule has 0 unspecified atom stereocenters. The molecule has 3 nitrogen and oxygen atoms in total. The van der Waals surface area contributed by atoms with Gasteiger partial charge in [0.2, 0.25) is 0 Å². The van der Waals surface area contributed by atoms with E-state index < -0.39 is 0 Å². The lowest BCUT2D eigenvalue weighted by molar-refractivity contribution is 0.391. The number of ether oxygens (including phenoxy) is 1. The molecule has 84 valence electrons. The van der Waals surface area contributed by atoms with E-state index in [1.807, 2.05) is 6.92 Å². The van der Waals surface area contributed by atoms with Crippen molar-refractivity contribution >= 4 is 11.6 Å². The van der Waals surface area contributed by atoms with E-state index >= 15 is 0 Å². The summed E-state index contributed by atoms with van der Waals surface area (Å²) in [4.78, 5) is 0. The van der Waals surface area contributed by atoms with Gasteiger partial charge in [0.05, 0.1) is 17.7 Å². The molecule has 1 rings (SSSR count). The van der Waals surface area contributed by atoms with Gasteiger partial charge < -0.3 is 15.6 Å². The van der Waals surface area contributed by atoms with E-state index in [1.54, 1.807) is 19.2 Å². The lowest BCUT2D eigenvalue weighted by atomic mass is 10.0. The molecule has 0 aliphatic heterocycles. The minimum absolute atomic E-state index is 0.0250. The highest BCUT2D eigenvalue weighted by Gasteiger charge is 2.18. The fourth-order valence-corrected chi connectivity index (χ4v) is 1.72. The molecule has 0 radical (unpaired) electrons. The van der Waals surface area contributed by atoms with E-state index in [9.17, 15) is 5.11 Å². The van der Waals surface area contributed by atoms with Crippen LogP contribution in [0.1, 0.15) is 31.4 Å². The molecule has 0 amide bonds. The van der Waals surface area contributed by atoms with E-state index in [4.69, 9.17) is 22.1 Å². The van der Waals surface area contributed by atoms with Crippen molar-refractivity contribution in [2.75, 3.05) is 7.11 Å². The van der Waals surface area contributed by atoms with E-state index in [-0.39, 0.29) is 11.8 Å². The summed E-state index contributed by atoms with van der Waals surface area (Å²) in [6.45, 7) is 2.04. The van der Waals surface area contributed by atoms with Gasteiger partial charge in [0, 0.05) is 6.04 Å². The molecule has 1 aromatic rings. The van der Waals surface area contributed by atoms with Crippen LogP contribution in [-0.4, -0.2) is 12.2 Å². The highest BCUT2D eigenvalue weighted by Crippen LogP contribution is 2.38. The average molecular weight is 230 g/mol. The molecule has 3 N–H and O–H groups in total. The van der Waals surface area contributed by atoms with Crippen LogP contribution in [-0.2, 0) is 0 Å². The van der Waals surface area contributed by atoms with Gasteiger partial charge in [-0.1, -0.05) is 24.9 Å². The largest absolute Gasteiger partial charge is 0.506 e. The second-order valence-electron chi connectivity index (χ2n) is 3.41. The number of benzene rings is 1. The fourth-order valence-electron chi connectivity index (χ4n) is 1.55. The summed E-state index contributed by atoms with van der Waals surface area (Å²) in [6.07, 6.45) is 1.72. The van der Waals surface area contributed by atoms with Crippen molar-refractivity contribution in [2.24, 2.45) is 5.73 Å². The van der Waals surface area contributed by atoms with Crippen LogP contribution in [0.4, 0.5) is 0 Å². The maximum atomic E-state index is 9.81. The number of hydrogen-bond acceptors (Lipinski definition) is 3. The zero-order valence-electron chi connectivity index (χ0n) is 8.96.